The Labute approximate surface area is 541 Å². The van der Waals surface area contributed by atoms with Crippen molar-refractivity contribution in [2.45, 2.75) is 53.3 Å². The molecule has 0 aliphatic rings. The van der Waals surface area contributed by atoms with Gasteiger partial charge >= 0.3 is 0 Å². The number of carbonyl (C=O) groups excluding carboxylic acids is 8. The zero-order valence-corrected chi connectivity index (χ0v) is 52.1. The van der Waals surface area contributed by atoms with Gasteiger partial charge in [0.05, 0.1) is 0 Å². The molecule has 0 aliphatic heterocycles. The van der Waals surface area contributed by atoms with Gasteiger partial charge in [-0.15, -0.1) is 20.4 Å². The van der Waals surface area contributed by atoms with Crippen LogP contribution in [-0.2, 0) is 4.79 Å². The number of hydrogen-bond donors (Lipinski definition) is 12. The van der Waals surface area contributed by atoms with Crippen LogP contribution in [0.3, 0.4) is 0 Å². The second-order valence-electron chi connectivity index (χ2n) is 18.6. The molecular formula is C62H66Cl2N16O13. The molecule has 0 bridgehead atoms. The van der Waals surface area contributed by atoms with E-state index >= 15 is 0 Å². The van der Waals surface area contributed by atoms with Crippen LogP contribution < -0.4 is 55.9 Å². The topological polar surface area (TPSA) is 510 Å². The Balaban J connectivity index is 0.000000404. The number of carbonyl (C=O) groups is 8. The molecule has 5 amide bonds. The molecule has 2 aromatic heterocycles. The van der Waals surface area contributed by atoms with Crippen LogP contribution in [0.2, 0.25) is 0 Å². The summed E-state index contributed by atoms with van der Waals surface area (Å²) in [7, 11) is 0. The summed E-state index contributed by atoms with van der Waals surface area (Å²) in [5.74, 6) is 17.5. The van der Waals surface area contributed by atoms with Gasteiger partial charge in [-0.05, 0) is 129 Å². The van der Waals surface area contributed by atoms with Crippen LogP contribution in [0.15, 0.2) is 179 Å². The molecule has 0 radical (unpaired) electrons. The number of nitrogen functional groups attached to an aromatic ring is 1. The van der Waals surface area contributed by atoms with E-state index in [-0.39, 0.29) is 34.1 Å². The van der Waals surface area contributed by atoms with E-state index in [1.807, 2.05) is 67.8 Å². The molecule has 486 valence electrons. The van der Waals surface area contributed by atoms with Gasteiger partial charge in [0.15, 0.2) is 17.1 Å². The molecule has 18 N–H and O–H groups in total. The van der Waals surface area contributed by atoms with Gasteiger partial charge < -0.3 is 24.5 Å². The molecular weight excluding hydrogens is 1250 g/mol. The number of aryl methyl sites for hydroxylation is 3. The fourth-order valence-electron chi connectivity index (χ4n) is 7.08. The van der Waals surface area contributed by atoms with Crippen molar-refractivity contribution in [3.8, 4) is 34.4 Å². The van der Waals surface area contributed by atoms with Crippen molar-refractivity contribution in [3.05, 3.63) is 237 Å². The number of rotatable bonds is 13. The molecule has 29 nitrogen and oxygen atoms in total. The van der Waals surface area contributed by atoms with Crippen LogP contribution in [-0.4, -0.2) is 82.4 Å². The van der Waals surface area contributed by atoms with Crippen molar-refractivity contribution in [2.75, 3.05) is 0 Å². The number of aliphatic hydroxyl groups is 2. The molecule has 7 aromatic carbocycles. The van der Waals surface area contributed by atoms with Crippen molar-refractivity contribution in [1.82, 2.24) is 52.9 Å². The number of hydrazine groups is 5. The maximum Gasteiger partial charge on any atom is 0.269 e. The standard InChI is InChI=1S/C18H18N4O4.C18H14N4O2.C10H10O2.C8H6Cl2O2.C8H12N4O2.H4N2.N2.H2O/c1-11-6-8-13(9-7-11)16(24)21-22-18(26)15-5-3-4-14(10-15)17(25)20-19-12(2)23;1-11-6-8-13(9-7-11)16-21-22-18(24-16)15-5-3-4-14(10-15)17-20-19-12(2)23-17;1-7(11)9-3-5-10(6-4-9)8(2)12;9-7(11)5-2-1-3-6(4-5)8(10)12;9-11-7(13)5-1-2-6(4-3-5)8(14)12-10;2*1-2;/h3-10H,1-2H3,(H,19,23)(H,20,25)(H,21,24)(H,22,26);3-10H,1-2H3;3-6H,1-2H3;1-4,7,11H;1-4,7,11,13H,9-10H2,(H,12,14);1-2H2;;1H2. The van der Waals surface area contributed by atoms with Crippen LogP contribution in [0.1, 0.15) is 133 Å². The SMILES string of the molecule is CC(=O)NNC(=O)c1cccc(C(=O)NNC(=O)c2ccc(C)cc2)c1.CC(=O)c1ccc(C(C)=O)cc1.Cc1ccc(-c2nnc(-c3cccc(-c4nnc(C)o4)c3)o2)cc1.N#N.NN.NNC(=O)c1ccc(C(O)NN)cc1.O.O=C(Cl)c1cccc(C(O)Cl)c1. The van der Waals surface area contributed by atoms with Gasteiger partial charge in [-0.3, -0.25) is 83.0 Å². The lowest BCUT2D eigenvalue weighted by Crippen LogP contribution is -2.42. The Bertz CT molecular complexity index is 3890. The number of amides is 5. The molecule has 0 spiro atoms. The fraction of sp³-hybridized carbons (Fsp3) is 0.129. The predicted octanol–water partition coefficient (Wildman–Crippen LogP) is 6.08. The van der Waals surface area contributed by atoms with Gasteiger partial charge in [-0.25, -0.2) is 11.3 Å². The first-order chi connectivity index (χ1) is 44.0. The Morgan fingerprint density at radius 1 is 0.462 bits per heavy atom. The minimum atomic E-state index is -1.10. The Morgan fingerprint density at radius 3 is 1.30 bits per heavy atom. The first-order valence-electron chi connectivity index (χ1n) is 26.6. The second kappa shape index (κ2) is 40.5. The number of nitrogens with two attached hydrogens (primary N) is 4. The molecule has 0 saturated heterocycles. The van der Waals surface area contributed by atoms with Crippen molar-refractivity contribution in [2.24, 2.45) is 23.4 Å². The number of ketones is 2. The smallest absolute Gasteiger partial charge is 0.269 e. The predicted molar refractivity (Wildman–Crippen MR) is 341 cm³/mol. The first kappa shape index (κ1) is 78.0. The van der Waals surface area contributed by atoms with Crippen molar-refractivity contribution in [1.29, 1.82) is 10.8 Å². The average Bonchev–Trinajstić information content (AvgIpc) is 1.94. The lowest BCUT2D eigenvalue weighted by Gasteiger charge is -2.09. The minimum absolute atomic E-state index is 0. The summed E-state index contributed by atoms with van der Waals surface area (Å²) in [5, 5.41) is 45.8. The van der Waals surface area contributed by atoms with Gasteiger partial charge in [0.25, 0.3) is 28.9 Å². The van der Waals surface area contributed by atoms with E-state index in [2.05, 4.69) is 59.2 Å². The number of nitrogens with one attached hydrogen (secondary N) is 6. The number of alkyl halides is 1. The third-order valence-electron chi connectivity index (χ3n) is 11.8. The number of hydrogen-bond acceptors (Lipinski definition) is 23. The van der Waals surface area contributed by atoms with E-state index in [1.54, 1.807) is 85.8 Å². The largest absolute Gasteiger partial charge is 0.421 e. The summed E-state index contributed by atoms with van der Waals surface area (Å²) in [4.78, 5) is 90.2. The van der Waals surface area contributed by atoms with Crippen LogP contribution in [0.25, 0.3) is 34.4 Å². The third-order valence-corrected chi connectivity index (χ3v) is 12.3. The maximum absolute atomic E-state index is 12.1. The molecule has 0 fully saturated rings. The summed E-state index contributed by atoms with van der Waals surface area (Å²) in [6.07, 6.45) is -0.940. The highest BCUT2D eigenvalue weighted by Gasteiger charge is 2.16. The molecule has 0 aliphatic carbocycles. The quantitative estimate of drug-likeness (QED) is 0.00909. The number of halogens is 2. The van der Waals surface area contributed by atoms with E-state index in [0.29, 0.717) is 62.5 Å². The maximum atomic E-state index is 12.1. The summed E-state index contributed by atoms with van der Waals surface area (Å²) in [6.45, 7) is 9.95. The zero-order chi connectivity index (χ0) is 68.5. The molecule has 0 saturated carbocycles. The van der Waals surface area contributed by atoms with E-state index in [9.17, 15) is 43.5 Å². The molecule has 31 heteroatoms. The van der Waals surface area contributed by atoms with Crippen LogP contribution >= 0.6 is 23.2 Å². The van der Waals surface area contributed by atoms with E-state index < -0.39 is 40.7 Å². The summed E-state index contributed by atoms with van der Waals surface area (Å²) in [5.41, 5.74) is 20.5. The zero-order valence-electron chi connectivity index (χ0n) is 50.5. The highest BCUT2D eigenvalue weighted by molar-refractivity contribution is 6.67. The van der Waals surface area contributed by atoms with Crippen molar-refractivity contribution >= 4 is 69.5 Å². The average molecular weight is 1310 g/mol. The lowest BCUT2D eigenvalue weighted by molar-refractivity contribution is -0.119. The van der Waals surface area contributed by atoms with Crippen LogP contribution in [0, 0.1) is 31.6 Å². The molecule has 2 atom stereocenters. The molecule has 2 heterocycles. The highest BCUT2D eigenvalue weighted by atomic mass is 35.5. The van der Waals surface area contributed by atoms with E-state index in [4.69, 9.17) is 59.6 Å². The monoisotopic (exact) mass is 1310 g/mol. The van der Waals surface area contributed by atoms with Crippen LogP contribution in [0.4, 0.5) is 0 Å². The minimum Gasteiger partial charge on any atom is -0.421 e. The summed E-state index contributed by atoms with van der Waals surface area (Å²) < 4.78 is 11.3. The van der Waals surface area contributed by atoms with Gasteiger partial charge in [-0.1, -0.05) is 114 Å². The highest BCUT2D eigenvalue weighted by Crippen LogP contribution is 2.28. The number of aromatic nitrogens is 4. The van der Waals surface area contributed by atoms with E-state index in [0.717, 1.165) is 22.3 Å². The fourth-order valence-corrected chi connectivity index (χ4v) is 7.33. The Hall–Kier alpha value is -11.1. The molecule has 93 heavy (non-hydrogen) atoms. The molecule has 9 aromatic rings. The van der Waals surface area contributed by atoms with Gasteiger partial charge in [0.2, 0.25) is 29.5 Å². The van der Waals surface area contributed by atoms with Crippen molar-refractivity contribution < 1.29 is 62.9 Å². The van der Waals surface area contributed by atoms with Crippen molar-refractivity contribution in [3.63, 3.8) is 0 Å². The Kier molecular flexibility index (Phi) is 33.9. The lowest BCUT2D eigenvalue weighted by atomic mass is 10.1. The van der Waals surface area contributed by atoms with Gasteiger partial charge in [-0.2, -0.15) is 0 Å². The number of nitrogens with zero attached hydrogens (tertiary/aromatic N) is 6. The second-order valence-corrected chi connectivity index (χ2v) is 19.3. The normalized spacial score (nSPS) is 10.3. The first-order valence-corrected chi connectivity index (χ1v) is 27.5. The van der Waals surface area contributed by atoms with E-state index in [1.165, 1.54) is 68.8 Å². The molecule has 9 rings (SSSR count). The summed E-state index contributed by atoms with van der Waals surface area (Å²) >= 11 is 10.6. The Morgan fingerprint density at radius 2 is 0.860 bits per heavy atom. The number of Topliss-reactive ketones (excluding diaryl/α,β-unsaturated/α-hetero) is 2. The third kappa shape index (κ3) is 26.1. The van der Waals surface area contributed by atoms with Gasteiger partial charge in [0.1, 0.15) is 6.23 Å². The van der Waals surface area contributed by atoms with Crippen LogP contribution in [0.5, 0.6) is 0 Å². The van der Waals surface area contributed by atoms with Gasteiger partial charge in [0, 0.05) is 80.3 Å². The molecule has 2 unspecified atom stereocenters. The number of aliphatic hydroxyl groups excluding tert-OH is 2. The summed E-state index contributed by atoms with van der Waals surface area (Å²) in [6, 6.07) is 47.3. The number of benzene rings is 7.